The molecule has 0 aliphatic rings. The Kier molecular flexibility index (Phi) is 6.68. The van der Waals surface area contributed by atoms with Crippen LogP contribution in [0.2, 0.25) is 0 Å². The Morgan fingerprint density at radius 2 is 1.86 bits per heavy atom. The van der Waals surface area contributed by atoms with E-state index in [1.807, 2.05) is 0 Å². The predicted octanol–water partition coefficient (Wildman–Crippen LogP) is 3.57. The second-order valence-electron chi connectivity index (χ2n) is 4.65. The molecule has 0 radical (unpaired) electrons. The first-order chi connectivity index (χ1) is 9.89. The number of halogens is 3. The van der Waals surface area contributed by atoms with Crippen molar-refractivity contribution in [2.24, 2.45) is 0 Å². The zero-order valence-electron chi connectivity index (χ0n) is 12.2. The van der Waals surface area contributed by atoms with Crippen LogP contribution in [-0.2, 0) is 9.53 Å². The maximum absolute atomic E-state index is 12.8. The number of nitrogens with zero attached hydrogens (tertiary/aromatic N) is 1. The highest BCUT2D eigenvalue weighted by atomic mass is 19.4. The van der Waals surface area contributed by atoms with Gasteiger partial charge in [-0.3, -0.25) is 4.90 Å². The standard InChI is InChI=1S/C15H20F3NO2/c1-3-10-19(11-15(16,17)18)13(14(20)21-4-2)12-8-6-5-7-9-12/h5-9,13H,3-4,10-11H2,1-2H3. The molecule has 1 aromatic carbocycles. The second-order valence-corrected chi connectivity index (χ2v) is 4.65. The lowest BCUT2D eigenvalue weighted by Crippen LogP contribution is -2.41. The van der Waals surface area contributed by atoms with Crippen molar-refractivity contribution >= 4 is 5.97 Å². The lowest BCUT2D eigenvalue weighted by molar-refractivity contribution is -0.165. The molecule has 1 aromatic rings. The van der Waals surface area contributed by atoms with E-state index in [2.05, 4.69) is 0 Å². The van der Waals surface area contributed by atoms with E-state index in [0.29, 0.717) is 12.0 Å². The molecule has 0 fully saturated rings. The van der Waals surface area contributed by atoms with Crippen LogP contribution >= 0.6 is 0 Å². The first-order valence-electron chi connectivity index (χ1n) is 6.91. The van der Waals surface area contributed by atoms with Crippen LogP contribution in [-0.4, -0.2) is 36.7 Å². The fraction of sp³-hybridized carbons (Fsp3) is 0.533. The number of carbonyl (C=O) groups excluding carboxylic acids is 1. The van der Waals surface area contributed by atoms with Crippen LogP contribution in [0.3, 0.4) is 0 Å². The summed E-state index contributed by atoms with van der Waals surface area (Å²) in [5.74, 6) is -0.651. The lowest BCUT2D eigenvalue weighted by Gasteiger charge is -2.30. The summed E-state index contributed by atoms with van der Waals surface area (Å²) < 4.78 is 43.2. The maximum atomic E-state index is 12.8. The lowest BCUT2D eigenvalue weighted by atomic mass is 10.0. The molecule has 1 atom stereocenters. The van der Waals surface area contributed by atoms with E-state index in [0.717, 1.165) is 4.90 Å². The van der Waals surface area contributed by atoms with Crippen LogP contribution in [0.25, 0.3) is 0 Å². The van der Waals surface area contributed by atoms with Gasteiger partial charge in [0, 0.05) is 0 Å². The van der Waals surface area contributed by atoms with Gasteiger partial charge in [0.25, 0.3) is 0 Å². The highest BCUT2D eigenvalue weighted by Gasteiger charge is 2.37. The monoisotopic (exact) mass is 303 g/mol. The Bertz CT molecular complexity index is 434. The number of alkyl halides is 3. The largest absolute Gasteiger partial charge is 0.465 e. The molecule has 0 aliphatic carbocycles. The molecular weight excluding hydrogens is 283 g/mol. The summed E-state index contributed by atoms with van der Waals surface area (Å²) in [7, 11) is 0. The third kappa shape index (κ3) is 5.75. The van der Waals surface area contributed by atoms with Crippen molar-refractivity contribution in [2.45, 2.75) is 32.5 Å². The summed E-state index contributed by atoms with van der Waals surface area (Å²) in [5, 5.41) is 0. The molecule has 0 bridgehead atoms. The molecule has 1 unspecified atom stereocenters. The Balaban J connectivity index is 3.09. The molecule has 0 heterocycles. The van der Waals surface area contributed by atoms with E-state index < -0.39 is 24.7 Å². The van der Waals surface area contributed by atoms with E-state index in [9.17, 15) is 18.0 Å². The minimum atomic E-state index is -4.37. The van der Waals surface area contributed by atoms with Gasteiger partial charge in [-0.15, -0.1) is 0 Å². The van der Waals surface area contributed by atoms with Gasteiger partial charge in [-0.05, 0) is 25.5 Å². The van der Waals surface area contributed by atoms with Crippen LogP contribution in [0.1, 0.15) is 31.9 Å². The van der Waals surface area contributed by atoms with Gasteiger partial charge >= 0.3 is 12.1 Å². The van der Waals surface area contributed by atoms with Gasteiger partial charge in [0.15, 0.2) is 0 Å². The molecule has 0 saturated heterocycles. The van der Waals surface area contributed by atoms with Crippen molar-refractivity contribution < 1.29 is 22.7 Å². The molecule has 0 N–H and O–H groups in total. The van der Waals surface area contributed by atoms with E-state index in [4.69, 9.17) is 4.74 Å². The highest BCUT2D eigenvalue weighted by Crippen LogP contribution is 2.27. The SMILES string of the molecule is CCCN(CC(F)(F)F)C(C(=O)OCC)c1ccccc1. The summed E-state index contributed by atoms with van der Waals surface area (Å²) in [6.45, 7) is 2.57. The van der Waals surface area contributed by atoms with Gasteiger partial charge in [0.2, 0.25) is 0 Å². The van der Waals surface area contributed by atoms with Gasteiger partial charge < -0.3 is 4.74 Å². The van der Waals surface area contributed by atoms with Crippen LogP contribution in [0, 0.1) is 0 Å². The number of hydrogen-bond acceptors (Lipinski definition) is 3. The fourth-order valence-electron chi connectivity index (χ4n) is 2.17. The van der Waals surface area contributed by atoms with Crippen molar-refractivity contribution in [3.8, 4) is 0 Å². The first kappa shape index (κ1) is 17.5. The molecule has 0 aliphatic heterocycles. The molecule has 0 saturated carbocycles. The predicted molar refractivity (Wildman–Crippen MR) is 73.7 cm³/mol. The van der Waals surface area contributed by atoms with Crippen LogP contribution < -0.4 is 0 Å². The van der Waals surface area contributed by atoms with Gasteiger partial charge in [0.05, 0.1) is 13.2 Å². The summed E-state index contributed by atoms with van der Waals surface area (Å²) >= 11 is 0. The molecule has 0 aromatic heterocycles. The third-order valence-electron chi connectivity index (χ3n) is 2.88. The summed E-state index contributed by atoms with van der Waals surface area (Å²) in [6, 6.07) is 7.38. The molecule has 6 heteroatoms. The zero-order valence-corrected chi connectivity index (χ0v) is 12.2. The Morgan fingerprint density at radius 3 is 2.33 bits per heavy atom. The number of hydrogen-bond donors (Lipinski definition) is 0. The average molecular weight is 303 g/mol. The smallest absolute Gasteiger partial charge is 0.401 e. The molecule has 3 nitrogen and oxygen atoms in total. The zero-order chi connectivity index (χ0) is 15.9. The van der Waals surface area contributed by atoms with E-state index in [1.165, 1.54) is 0 Å². The normalized spacial score (nSPS) is 13.2. The number of ether oxygens (including phenoxy) is 1. The molecule has 0 spiro atoms. The molecular formula is C15H20F3NO2. The second kappa shape index (κ2) is 8.02. The number of carbonyl (C=O) groups is 1. The van der Waals surface area contributed by atoms with Crippen molar-refractivity contribution in [2.75, 3.05) is 19.7 Å². The number of rotatable bonds is 7. The minimum Gasteiger partial charge on any atom is -0.465 e. The quantitative estimate of drug-likeness (QED) is 0.721. The van der Waals surface area contributed by atoms with Crippen LogP contribution in [0.4, 0.5) is 13.2 Å². The molecule has 118 valence electrons. The Hall–Kier alpha value is -1.56. The number of benzene rings is 1. The van der Waals surface area contributed by atoms with Crippen molar-refractivity contribution in [3.05, 3.63) is 35.9 Å². The maximum Gasteiger partial charge on any atom is 0.401 e. The van der Waals surface area contributed by atoms with Gasteiger partial charge in [-0.1, -0.05) is 37.3 Å². The van der Waals surface area contributed by atoms with Crippen LogP contribution in [0.15, 0.2) is 30.3 Å². The van der Waals surface area contributed by atoms with Crippen molar-refractivity contribution in [1.82, 2.24) is 4.90 Å². The summed E-state index contributed by atoms with van der Waals surface area (Å²) in [5.41, 5.74) is 0.508. The van der Waals surface area contributed by atoms with Crippen molar-refractivity contribution in [1.29, 1.82) is 0 Å². The Labute approximate surface area is 122 Å². The van der Waals surface area contributed by atoms with Crippen LogP contribution in [0.5, 0.6) is 0 Å². The average Bonchev–Trinajstić information content (AvgIpc) is 2.39. The molecule has 0 amide bonds. The van der Waals surface area contributed by atoms with Gasteiger partial charge in [0.1, 0.15) is 6.04 Å². The minimum absolute atomic E-state index is 0.133. The fourth-order valence-corrected chi connectivity index (χ4v) is 2.17. The Morgan fingerprint density at radius 1 is 1.24 bits per heavy atom. The topological polar surface area (TPSA) is 29.5 Å². The number of esters is 1. The third-order valence-corrected chi connectivity index (χ3v) is 2.88. The van der Waals surface area contributed by atoms with Crippen molar-refractivity contribution in [3.63, 3.8) is 0 Å². The van der Waals surface area contributed by atoms with E-state index >= 15 is 0 Å². The summed E-state index contributed by atoms with van der Waals surface area (Å²) in [4.78, 5) is 13.2. The first-order valence-corrected chi connectivity index (χ1v) is 6.91. The van der Waals surface area contributed by atoms with E-state index in [1.54, 1.807) is 44.2 Å². The summed E-state index contributed by atoms with van der Waals surface area (Å²) in [6.07, 6.45) is -3.85. The van der Waals surface area contributed by atoms with Gasteiger partial charge in [-0.25, -0.2) is 4.79 Å². The van der Waals surface area contributed by atoms with Gasteiger partial charge in [-0.2, -0.15) is 13.2 Å². The van der Waals surface area contributed by atoms with E-state index in [-0.39, 0.29) is 13.2 Å². The highest BCUT2D eigenvalue weighted by molar-refractivity contribution is 5.77. The molecule has 21 heavy (non-hydrogen) atoms. The molecule has 1 rings (SSSR count).